The van der Waals surface area contributed by atoms with Crippen molar-refractivity contribution in [1.29, 1.82) is 0 Å². The lowest BCUT2D eigenvalue weighted by Crippen LogP contribution is -2.70. The van der Waals surface area contributed by atoms with E-state index in [2.05, 4.69) is 25.6 Å². The molecule has 2 bridgehead atoms. The first kappa shape index (κ1) is 24.6. The number of likely N-dealkylation sites (tertiary alicyclic amines) is 1. The van der Waals surface area contributed by atoms with Crippen molar-refractivity contribution in [2.45, 2.75) is 50.9 Å². The number of rotatable bonds is 4. The lowest BCUT2D eigenvalue weighted by molar-refractivity contribution is -0.137. The monoisotopic (exact) mass is 522 g/mol. The molecule has 5 rings (SSSR count). The van der Waals surface area contributed by atoms with Crippen LogP contribution in [0.1, 0.15) is 54.2 Å². The molecule has 196 valence electrons. The molecule has 1 aromatic carbocycles. The molecule has 3 atom stereocenters. The number of aromatic nitrogens is 5. The second kappa shape index (κ2) is 8.24. The highest BCUT2D eigenvalue weighted by atomic mass is 19.4. The molecule has 3 aromatic rings. The smallest absolute Gasteiger partial charge is 0.417 e. The van der Waals surface area contributed by atoms with E-state index in [9.17, 15) is 27.2 Å². The topological polar surface area (TPSA) is 145 Å². The number of alkyl halides is 3. The van der Waals surface area contributed by atoms with E-state index in [1.807, 2.05) is 6.92 Å². The molecule has 3 amide bonds. The van der Waals surface area contributed by atoms with Gasteiger partial charge in [0.05, 0.1) is 11.3 Å². The van der Waals surface area contributed by atoms with E-state index in [4.69, 9.17) is 10.2 Å². The second-order valence-electron chi connectivity index (χ2n) is 9.48. The fourth-order valence-corrected chi connectivity index (χ4v) is 5.41. The van der Waals surface area contributed by atoms with Gasteiger partial charge in [-0.1, -0.05) is 6.92 Å². The van der Waals surface area contributed by atoms with E-state index in [-0.39, 0.29) is 23.9 Å². The average molecular weight is 522 g/mol. The van der Waals surface area contributed by atoms with Gasteiger partial charge in [0.1, 0.15) is 11.4 Å². The van der Waals surface area contributed by atoms with Crippen molar-refractivity contribution in [1.82, 2.24) is 29.9 Å². The largest absolute Gasteiger partial charge is 0.423 e. The van der Waals surface area contributed by atoms with Gasteiger partial charge in [-0.2, -0.15) is 18.3 Å². The zero-order chi connectivity index (χ0) is 26.9. The molecule has 3 unspecified atom stereocenters. The molecule has 15 heteroatoms. The summed E-state index contributed by atoms with van der Waals surface area (Å²) in [5, 5.41) is 14.2. The summed E-state index contributed by atoms with van der Waals surface area (Å²) in [4.78, 5) is 30.2. The summed E-state index contributed by atoms with van der Waals surface area (Å²) in [7, 11) is 1.28. The predicted molar refractivity (Wildman–Crippen MR) is 118 cm³/mol. The fourth-order valence-electron chi connectivity index (χ4n) is 5.41. The summed E-state index contributed by atoms with van der Waals surface area (Å²) in [5.41, 5.74) is 1.78. The minimum absolute atomic E-state index is 0.191. The van der Waals surface area contributed by atoms with Crippen molar-refractivity contribution in [3.8, 4) is 11.4 Å². The number of carbonyl (C=O) groups is 2. The van der Waals surface area contributed by atoms with E-state index in [0.717, 1.165) is 10.7 Å². The summed E-state index contributed by atoms with van der Waals surface area (Å²) in [6, 6.07) is 0.123. The van der Waals surface area contributed by atoms with Gasteiger partial charge in [-0.15, -0.1) is 10.2 Å². The van der Waals surface area contributed by atoms with E-state index >= 15 is 0 Å². The van der Waals surface area contributed by atoms with Gasteiger partial charge in [0.25, 0.3) is 5.91 Å². The molecule has 11 nitrogen and oxygen atoms in total. The first-order valence-corrected chi connectivity index (χ1v) is 11.3. The Morgan fingerprint density at radius 3 is 2.57 bits per heavy atom. The Hall–Kier alpha value is -4.04. The summed E-state index contributed by atoms with van der Waals surface area (Å²) in [5.74, 6) is -2.39. The molecule has 2 aromatic heterocycles. The zero-order valence-corrected chi connectivity index (χ0v) is 19.9. The van der Waals surface area contributed by atoms with Crippen LogP contribution in [0.3, 0.4) is 0 Å². The van der Waals surface area contributed by atoms with Gasteiger partial charge in [0.2, 0.25) is 17.6 Å². The van der Waals surface area contributed by atoms with Crippen LogP contribution in [-0.2, 0) is 18.8 Å². The summed E-state index contributed by atoms with van der Waals surface area (Å²) in [6.07, 6.45) is -3.18. The van der Waals surface area contributed by atoms with Crippen molar-refractivity contribution in [3.63, 3.8) is 0 Å². The molecule has 1 saturated carbocycles. The Bertz CT molecular complexity index is 1420. The Morgan fingerprint density at radius 2 is 1.97 bits per heavy atom. The maximum absolute atomic E-state index is 14.9. The number of aryl methyl sites for hydroxylation is 2. The SMILES string of the molecule is Cc1nnc(C23CC(C)CC(C2)N3C(=O)Nc2cc(-c3nc(C(N)=O)n(C)n3)c(C(F)(F)F)cc2F)o1. The number of nitrogens with two attached hydrogens (primary N) is 1. The minimum atomic E-state index is -4.98. The molecule has 0 spiro atoms. The van der Waals surface area contributed by atoms with E-state index in [0.29, 0.717) is 25.2 Å². The Labute approximate surface area is 207 Å². The lowest BCUT2D eigenvalue weighted by atomic mass is 9.64. The van der Waals surface area contributed by atoms with Gasteiger partial charge in [0, 0.05) is 32.0 Å². The fraction of sp³-hybridized carbons (Fsp3) is 0.455. The number of hydrogen-bond acceptors (Lipinski definition) is 7. The highest BCUT2D eigenvalue weighted by Gasteiger charge is 2.62. The van der Waals surface area contributed by atoms with Gasteiger partial charge < -0.3 is 20.4 Å². The zero-order valence-electron chi connectivity index (χ0n) is 19.9. The number of nitrogens with zero attached hydrogens (tertiary/aromatic N) is 6. The normalized spacial score (nSPS) is 23.1. The maximum Gasteiger partial charge on any atom is 0.417 e. The number of anilines is 1. The van der Waals surface area contributed by atoms with Crippen LogP contribution in [-0.4, -0.2) is 47.8 Å². The lowest BCUT2D eigenvalue weighted by Gasteiger charge is -2.61. The summed E-state index contributed by atoms with van der Waals surface area (Å²) < 4.78 is 62.7. The van der Waals surface area contributed by atoms with Gasteiger partial charge in [0.15, 0.2) is 5.82 Å². The van der Waals surface area contributed by atoms with Crippen LogP contribution in [0.25, 0.3) is 11.4 Å². The van der Waals surface area contributed by atoms with Crippen LogP contribution in [0.2, 0.25) is 0 Å². The number of carbonyl (C=O) groups excluding carboxylic acids is 2. The number of halogens is 4. The molecular weight excluding hydrogens is 500 g/mol. The molecule has 37 heavy (non-hydrogen) atoms. The third-order valence-electron chi connectivity index (χ3n) is 6.78. The van der Waals surface area contributed by atoms with Crippen LogP contribution in [0.4, 0.5) is 28.0 Å². The molecule has 1 aliphatic heterocycles. The van der Waals surface area contributed by atoms with Crippen LogP contribution in [0.15, 0.2) is 16.5 Å². The molecule has 2 fully saturated rings. The molecule has 3 heterocycles. The molecule has 0 radical (unpaired) electrons. The van der Waals surface area contributed by atoms with E-state index < -0.39 is 57.9 Å². The summed E-state index contributed by atoms with van der Waals surface area (Å²) >= 11 is 0. The number of amides is 3. The highest BCUT2D eigenvalue weighted by molar-refractivity contribution is 5.92. The maximum atomic E-state index is 14.9. The van der Waals surface area contributed by atoms with Crippen molar-refractivity contribution < 1.29 is 31.6 Å². The van der Waals surface area contributed by atoms with E-state index in [1.54, 1.807) is 6.92 Å². The van der Waals surface area contributed by atoms with Crippen molar-refractivity contribution >= 4 is 17.6 Å². The molecule has 1 saturated heterocycles. The predicted octanol–water partition coefficient (Wildman–Crippen LogP) is 3.36. The van der Waals surface area contributed by atoms with Gasteiger partial charge in [-0.3, -0.25) is 4.79 Å². The van der Waals surface area contributed by atoms with Crippen LogP contribution >= 0.6 is 0 Å². The van der Waals surface area contributed by atoms with Gasteiger partial charge in [-0.25, -0.2) is 18.9 Å². The Balaban J connectivity index is 1.52. The molecule has 1 aliphatic carbocycles. The number of nitrogens with one attached hydrogen (secondary N) is 1. The van der Waals surface area contributed by atoms with Gasteiger partial charge >= 0.3 is 12.2 Å². The summed E-state index contributed by atoms with van der Waals surface area (Å²) in [6.45, 7) is 3.65. The number of piperidine rings is 1. The molecular formula is C22H22F4N8O3. The van der Waals surface area contributed by atoms with Crippen LogP contribution < -0.4 is 11.1 Å². The first-order valence-electron chi connectivity index (χ1n) is 11.3. The molecule has 3 N–H and O–H groups in total. The number of benzene rings is 1. The van der Waals surface area contributed by atoms with Crippen LogP contribution in [0, 0.1) is 18.7 Å². The van der Waals surface area contributed by atoms with E-state index in [1.165, 1.54) is 11.9 Å². The minimum Gasteiger partial charge on any atom is -0.423 e. The van der Waals surface area contributed by atoms with Gasteiger partial charge in [-0.05, 0) is 30.9 Å². The average Bonchev–Trinajstić information content (AvgIpc) is 3.39. The standard InChI is InChI=1S/C22H22F4N8O3/c1-9-4-11-8-21(7-9,19-31-30-10(2)37-19)34(11)20(36)28-15-5-12(13(6-14(15)23)22(24,25)26)17-29-18(16(27)35)33(3)32-17/h5-6,9,11H,4,7-8H2,1-3H3,(H2,27,35)(H,28,36). The highest BCUT2D eigenvalue weighted by Crippen LogP contribution is 2.55. The van der Waals surface area contributed by atoms with Crippen LogP contribution in [0.5, 0.6) is 0 Å². The van der Waals surface area contributed by atoms with Crippen molar-refractivity contribution in [2.24, 2.45) is 18.7 Å². The third kappa shape index (κ3) is 3.97. The number of primary amides is 1. The Morgan fingerprint density at radius 1 is 1.24 bits per heavy atom. The second-order valence-corrected chi connectivity index (χ2v) is 9.48. The quantitative estimate of drug-likeness (QED) is 0.500. The first-order chi connectivity index (χ1) is 17.3. The number of hydrogen-bond donors (Lipinski definition) is 2. The Kier molecular flexibility index (Phi) is 5.49. The number of fused-ring (bicyclic) bond motifs is 2. The molecule has 2 aliphatic rings. The van der Waals surface area contributed by atoms with Crippen molar-refractivity contribution in [2.75, 3.05) is 5.32 Å². The van der Waals surface area contributed by atoms with Crippen molar-refractivity contribution in [3.05, 3.63) is 41.1 Å². The number of urea groups is 1. The third-order valence-corrected chi connectivity index (χ3v) is 6.78.